The molecule has 0 spiro atoms. The fraction of sp³-hybridized carbons (Fsp3) is 0.200. The SMILES string of the molecule is Cc1cccc(CNc2cc(C)nc(NCc3ccccc3F)n2)c1. The zero-order chi connectivity index (χ0) is 17.6. The number of nitrogens with zero attached hydrogens (tertiary/aromatic N) is 2. The Hall–Kier alpha value is -2.95. The van der Waals surface area contributed by atoms with E-state index in [0.29, 0.717) is 24.6 Å². The summed E-state index contributed by atoms with van der Waals surface area (Å²) in [5.74, 6) is 0.987. The zero-order valence-electron chi connectivity index (χ0n) is 14.4. The van der Waals surface area contributed by atoms with Crippen molar-refractivity contribution in [2.24, 2.45) is 0 Å². The second kappa shape index (κ2) is 7.75. The summed E-state index contributed by atoms with van der Waals surface area (Å²) in [6.45, 7) is 5.01. The van der Waals surface area contributed by atoms with E-state index in [4.69, 9.17) is 0 Å². The first-order valence-electron chi connectivity index (χ1n) is 8.22. The number of hydrogen-bond donors (Lipinski definition) is 2. The van der Waals surface area contributed by atoms with Gasteiger partial charge in [-0.2, -0.15) is 4.98 Å². The van der Waals surface area contributed by atoms with Crippen LogP contribution in [-0.4, -0.2) is 9.97 Å². The van der Waals surface area contributed by atoms with Crippen molar-refractivity contribution in [3.63, 3.8) is 0 Å². The van der Waals surface area contributed by atoms with Gasteiger partial charge in [0.05, 0.1) is 0 Å². The summed E-state index contributed by atoms with van der Waals surface area (Å²) < 4.78 is 13.7. The fourth-order valence-electron chi connectivity index (χ4n) is 2.57. The Morgan fingerprint density at radius 1 is 0.880 bits per heavy atom. The second-order valence-corrected chi connectivity index (χ2v) is 6.01. The van der Waals surface area contributed by atoms with Crippen molar-refractivity contribution in [3.8, 4) is 0 Å². The lowest BCUT2D eigenvalue weighted by atomic mass is 10.1. The van der Waals surface area contributed by atoms with E-state index in [-0.39, 0.29) is 5.82 Å². The summed E-state index contributed by atoms with van der Waals surface area (Å²) in [6, 6.07) is 16.9. The van der Waals surface area contributed by atoms with Gasteiger partial charge in [-0.05, 0) is 25.5 Å². The number of aromatic nitrogens is 2. The molecule has 0 fully saturated rings. The number of nitrogens with one attached hydrogen (secondary N) is 2. The molecule has 0 radical (unpaired) electrons. The van der Waals surface area contributed by atoms with Crippen LogP contribution in [0.25, 0.3) is 0 Å². The smallest absolute Gasteiger partial charge is 0.225 e. The molecule has 128 valence electrons. The Morgan fingerprint density at radius 3 is 2.52 bits per heavy atom. The molecule has 0 unspecified atom stereocenters. The number of halogens is 1. The molecule has 3 rings (SSSR count). The van der Waals surface area contributed by atoms with E-state index in [9.17, 15) is 4.39 Å². The first-order valence-corrected chi connectivity index (χ1v) is 8.22. The molecule has 0 bridgehead atoms. The van der Waals surface area contributed by atoms with E-state index in [1.165, 1.54) is 17.2 Å². The van der Waals surface area contributed by atoms with Crippen molar-refractivity contribution in [2.45, 2.75) is 26.9 Å². The lowest BCUT2D eigenvalue weighted by Gasteiger charge is -2.11. The third-order valence-electron chi connectivity index (χ3n) is 3.81. The summed E-state index contributed by atoms with van der Waals surface area (Å²) in [5.41, 5.74) is 3.85. The van der Waals surface area contributed by atoms with Crippen LogP contribution in [0.2, 0.25) is 0 Å². The highest BCUT2D eigenvalue weighted by Gasteiger charge is 2.05. The van der Waals surface area contributed by atoms with Crippen molar-refractivity contribution >= 4 is 11.8 Å². The molecular weight excluding hydrogens is 315 g/mol. The van der Waals surface area contributed by atoms with Gasteiger partial charge in [0.25, 0.3) is 0 Å². The lowest BCUT2D eigenvalue weighted by molar-refractivity contribution is 0.612. The standard InChI is InChI=1S/C20H21FN4/c1-14-6-5-7-16(10-14)12-22-19-11-15(2)24-20(25-19)23-13-17-8-3-4-9-18(17)21/h3-11H,12-13H2,1-2H3,(H2,22,23,24,25). The van der Waals surface area contributed by atoms with Gasteiger partial charge in [-0.1, -0.05) is 48.0 Å². The van der Waals surface area contributed by atoms with Gasteiger partial charge in [0.15, 0.2) is 0 Å². The summed E-state index contributed by atoms with van der Waals surface area (Å²) in [7, 11) is 0. The maximum atomic E-state index is 13.7. The predicted octanol–water partition coefficient (Wildman–Crippen LogP) is 4.46. The zero-order valence-corrected chi connectivity index (χ0v) is 14.4. The highest BCUT2D eigenvalue weighted by atomic mass is 19.1. The molecule has 3 aromatic rings. The minimum absolute atomic E-state index is 0.236. The Kier molecular flexibility index (Phi) is 5.23. The van der Waals surface area contributed by atoms with Crippen molar-refractivity contribution in [1.82, 2.24) is 9.97 Å². The molecule has 0 aliphatic carbocycles. The van der Waals surface area contributed by atoms with Gasteiger partial charge in [-0.3, -0.25) is 0 Å². The first kappa shape index (κ1) is 16.9. The van der Waals surface area contributed by atoms with Crippen LogP contribution in [0.3, 0.4) is 0 Å². The van der Waals surface area contributed by atoms with Gasteiger partial charge in [0.1, 0.15) is 11.6 Å². The Morgan fingerprint density at radius 2 is 1.72 bits per heavy atom. The Labute approximate surface area is 147 Å². The molecule has 0 aliphatic heterocycles. The number of anilines is 2. The minimum atomic E-state index is -0.236. The molecule has 0 atom stereocenters. The van der Waals surface area contributed by atoms with Crippen LogP contribution in [-0.2, 0) is 13.1 Å². The van der Waals surface area contributed by atoms with Crippen LogP contribution in [0, 0.1) is 19.7 Å². The molecule has 0 saturated carbocycles. The van der Waals surface area contributed by atoms with E-state index in [2.05, 4.69) is 45.7 Å². The minimum Gasteiger partial charge on any atom is -0.366 e. The van der Waals surface area contributed by atoms with Gasteiger partial charge in [0.2, 0.25) is 5.95 Å². The van der Waals surface area contributed by atoms with Gasteiger partial charge in [-0.15, -0.1) is 0 Å². The van der Waals surface area contributed by atoms with Gasteiger partial charge in [0, 0.05) is 30.4 Å². The monoisotopic (exact) mass is 336 g/mol. The summed E-state index contributed by atoms with van der Waals surface area (Å²) in [6.07, 6.45) is 0. The molecule has 1 heterocycles. The Balaban J connectivity index is 1.67. The van der Waals surface area contributed by atoms with Crippen LogP contribution >= 0.6 is 0 Å². The molecule has 0 amide bonds. The molecule has 0 saturated heterocycles. The number of hydrogen-bond acceptors (Lipinski definition) is 4. The second-order valence-electron chi connectivity index (χ2n) is 6.01. The lowest BCUT2D eigenvalue weighted by Crippen LogP contribution is -2.09. The van der Waals surface area contributed by atoms with Crippen LogP contribution in [0.15, 0.2) is 54.6 Å². The number of aryl methyl sites for hydroxylation is 2. The average Bonchev–Trinajstić information content (AvgIpc) is 2.59. The van der Waals surface area contributed by atoms with Gasteiger partial charge < -0.3 is 10.6 Å². The van der Waals surface area contributed by atoms with Crippen LogP contribution < -0.4 is 10.6 Å². The molecule has 2 aromatic carbocycles. The van der Waals surface area contributed by atoms with E-state index >= 15 is 0 Å². The molecular formula is C20H21FN4. The molecule has 1 aromatic heterocycles. The molecule has 0 aliphatic rings. The topological polar surface area (TPSA) is 49.8 Å². The summed E-state index contributed by atoms with van der Waals surface area (Å²) >= 11 is 0. The quantitative estimate of drug-likeness (QED) is 0.698. The maximum absolute atomic E-state index is 13.7. The number of benzene rings is 2. The highest BCUT2D eigenvalue weighted by molar-refractivity contribution is 5.43. The van der Waals surface area contributed by atoms with E-state index in [1.807, 2.05) is 25.1 Å². The third kappa shape index (κ3) is 4.76. The Bertz CT molecular complexity index is 864. The van der Waals surface area contributed by atoms with Crippen molar-refractivity contribution < 1.29 is 4.39 Å². The van der Waals surface area contributed by atoms with E-state index < -0.39 is 0 Å². The predicted molar refractivity (Wildman–Crippen MR) is 99.0 cm³/mol. The van der Waals surface area contributed by atoms with E-state index in [0.717, 1.165) is 11.5 Å². The van der Waals surface area contributed by atoms with Crippen molar-refractivity contribution in [2.75, 3.05) is 10.6 Å². The molecule has 2 N–H and O–H groups in total. The fourth-order valence-corrected chi connectivity index (χ4v) is 2.57. The summed E-state index contributed by atoms with van der Waals surface area (Å²) in [5, 5.41) is 6.40. The van der Waals surface area contributed by atoms with E-state index in [1.54, 1.807) is 12.1 Å². The normalized spacial score (nSPS) is 10.5. The molecule has 25 heavy (non-hydrogen) atoms. The average molecular weight is 336 g/mol. The molecule has 4 nitrogen and oxygen atoms in total. The van der Waals surface area contributed by atoms with Crippen LogP contribution in [0.4, 0.5) is 16.2 Å². The van der Waals surface area contributed by atoms with Crippen molar-refractivity contribution in [3.05, 3.63) is 82.8 Å². The highest BCUT2D eigenvalue weighted by Crippen LogP contribution is 2.14. The first-order chi connectivity index (χ1) is 12.1. The van der Waals surface area contributed by atoms with Crippen LogP contribution in [0.5, 0.6) is 0 Å². The summed E-state index contributed by atoms with van der Waals surface area (Å²) in [4.78, 5) is 8.82. The van der Waals surface area contributed by atoms with Gasteiger partial charge in [-0.25, -0.2) is 9.37 Å². The number of rotatable bonds is 6. The molecule has 5 heteroatoms. The maximum Gasteiger partial charge on any atom is 0.225 e. The van der Waals surface area contributed by atoms with Crippen LogP contribution in [0.1, 0.15) is 22.4 Å². The van der Waals surface area contributed by atoms with Crippen molar-refractivity contribution in [1.29, 1.82) is 0 Å². The van der Waals surface area contributed by atoms with Gasteiger partial charge >= 0.3 is 0 Å². The largest absolute Gasteiger partial charge is 0.366 e. The third-order valence-corrected chi connectivity index (χ3v) is 3.81.